The highest BCUT2D eigenvalue weighted by Crippen LogP contribution is 2.31. The maximum absolute atomic E-state index is 13.0. The Morgan fingerprint density at radius 3 is 2.07 bits per heavy atom. The first-order chi connectivity index (χ1) is 14.3. The number of hydrogen-bond donors (Lipinski definition) is 0. The monoisotopic (exact) mass is 448 g/mol. The van der Waals surface area contributed by atoms with Gasteiger partial charge < -0.3 is 4.90 Å². The molecule has 0 aromatic heterocycles. The molecule has 8 nitrogen and oxygen atoms in total. The summed E-state index contributed by atoms with van der Waals surface area (Å²) in [4.78, 5) is 41.2. The number of carbonyl (C=O) groups is 2. The van der Waals surface area contributed by atoms with Gasteiger partial charge in [0.15, 0.2) is 0 Å². The molecule has 0 bridgehead atoms. The molecule has 0 aliphatic carbocycles. The lowest BCUT2D eigenvalue weighted by molar-refractivity contribution is -0.384. The van der Waals surface area contributed by atoms with Gasteiger partial charge in [-0.15, -0.1) is 0 Å². The molecule has 4 rings (SSSR count). The topological polar surface area (TPSA) is 87.0 Å². The van der Waals surface area contributed by atoms with Gasteiger partial charge in [-0.2, -0.15) is 0 Å². The first-order valence-corrected chi connectivity index (χ1v) is 10.2. The summed E-state index contributed by atoms with van der Waals surface area (Å²) in [5.41, 5.74) is 1.33. The number of piperazine rings is 1. The van der Waals surface area contributed by atoms with Crippen LogP contribution in [0.4, 0.5) is 17.1 Å². The molecule has 2 fully saturated rings. The van der Waals surface area contributed by atoms with Crippen LogP contribution in [0.5, 0.6) is 0 Å². The number of rotatable bonds is 4. The molecule has 0 unspecified atom stereocenters. The third kappa shape index (κ3) is 3.98. The van der Waals surface area contributed by atoms with E-state index in [9.17, 15) is 19.7 Å². The van der Waals surface area contributed by atoms with Crippen molar-refractivity contribution in [1.82, 2.24) is 4.90 Å². The van der Waals surface area contributed by atoms with Crippen molar-refractivity contribution >= 4 is 52.1 Å². The molecular formula is C20H18Cl2N4O4. The van der Waals surface area contributed by atoms with Crippen molar-refractivity contribution in [2.75, 3.05) is 36.0 Å². The predicted molar refractivity (Wildman–Crippen MR) is 114 cm³/mol. The van der Waals surface area contributed by atoms with Gasteiger partial charge in [0.05, 0.1) is 23.1 Å². The van der Waals surface area contributed by atoms with Gasteiger partial charge in [0.1, 0.15) is 0 Å². The van der Waals surface area contributed by atoms with Gasteiger partial charge in [0.2, 0.25) is 5.91 Å². The Morgan fingerprint density at radius 2 is 1.50 bits per heavy atom. The number of imide groups is 1. The number of anilines is 2. The van der Waals surface area contributed by atoms with E-state index in [0.717, 1.165) is 10.6 Å². The van der Waals surface area contributed by atoms with Gasteiger partial charge in [0.25, 0.3) is 11.6 Å². The second kappa shape index (κ2) is 8.22. The van der Waals surface area contributed by atoms with E-state index in [4.69, 9.17) is 23.2 Å². The molecule has 2 saturated heterocycles. The van der Waals surface area contributed by atoms with Gasteiger partial charge in [-0.1, -0.05) is 23.2 Å². The summed E-state index contributed by atoms with van der Waals surface area (Å²) in [5.74, 6) is -0.553. The molecule has 2 aromatic carbocycles. The van der Waals surface area contributed by atoms with Crippen LogP contribution in [-0.2, 0) is 9.59 Å². The number of halogens is 2. The lowest BCUT2D eigenvalue weighted by Gasteiger charge is -2.38. The highest BCUT2D eigenvalue weighted by atomic mass is 35.5. The Kier molecular flexibility index (Phi) is 5.64. The molecule has 1 atom stereocenters. The minimum absolute atomic E-state index is 0.0497. The lowest BCUT2D eigenvalue weighted by atomic mass is 10.1. The number of carbonyl (C=O) groups excluding carboxylic acids is 2. The molecular weight excluding hydrogens is 431 g/mol. The van der Waals surface area contributed by atoms with E-state index in [0.29, 0.717) is 41.9 Å². The zero-order valence-electron chi connectivity index (χ0n) is 15.8. The van der Waals surface area contributed by atoms with E-state index in [1.807, 2.05) is 4.90 Å². The molecule has 2 aromatic rings. The smallest absolute Gasteiger partial charge is 0.269 e. The van der Waals surface area contributed by atoms with Crippen LogP contribution in [0.15, 0.2) is 42.5 Å². The van der Waals surface area contributed by atoms with Crippen LogP contribution in [-0.4, -0.2) is 53.9 Å². The normalized spacial score (nSPS) is 20.1. The first-order valence-electron chi connectivity index (χ1n) is 9.40. The average molecular weight is 449 g/mol. The van der Waals surface area contributed by atoms with Gasteiger partial charge in [-0.05, 0) is 30.3 Å². The van der Waals surface area contributed by atoms with Crippen molar-refractivity contribution in [2.45, 2.75) is 12.5 Å². The molecule has 0 saturated carbocycles. The van der Waals surface area contributed by atoms with Crippen molar-refractivity contribution in [3.05, 3.63) is 62.6 Å². The second-order valence-corrected chi connectivity index (χ2v) is 8.08. The third-order valence-corrected chi connectivity index (χ3v) is 5.85. The first kappa shape index (κ1) is 20.6. The number of nitro groups is 1. The number of hydrogen-bond acceptors (Lipinski definition) is 6. The van der Waals surface area contributed by atoms with Crippen LogP contribution >= 0.6 is 23.2 Å². The largest absolute Gasteiger partial charge is 0.369 e. The van der Waals surface area contributed by atoms with Crippen molar-refractivity contribution in [1.29, 1.82) is 0 Å². The minimum Gasteiger partial charge on any atom is -0.369 e. The highest BCUT2D eigenvalue weighted by molar-refractivity contribution is 6.35. The molecule has 156 valence electrons. The third-order valence-electron chi connectivity index (χ3n) is 5.41. The molecule has 0 radical (unpaired) electrons. The van der Waals surface area contributed by atoms with Crippen LogP contribution in [0.3, 0.4) is 0 Å². The molecule has 2 aliphatic heterocycles. The van der Waals surface area contributed by atoms with E-state index in [1.165, 1.54) is 12.1 Å². The number of amides is 2. The predicted octanol–water partition coefficient (Wildman–Crippen LogP) is 3.36. The van der Waals surface area contributed by atoms with E-state index in [2.05, 4.69) is 4.90 Å². The van der Waals surface area contributed by atoms with Crippen LogP contribution in [0, 0.1) is 10.1 Å². The number of benzene rings is 2. The van der Waals surface area contributed by atoms with Crippen molar-refractivity contribution in [2.24, 2.45) is 0 Å². The molecule has 2 amide bonds. The Hall–Kier alpha value is -2.68. The Labute approximate surface area is 182 Å². The second-order valence-electron chi connectivity index (χ2n) is 7.21. The van der Waals surface area contributed by atoms with E-state index in [1.54, 1.807) is 30.3 Å². The summed E-state index contributed by atoms with van der Waals surface area (Å²) in [6.07, 6.45) is 0.112. The summed E-state index contributed by atoms with van der Waals surface area (Å²) >= 11 is 12.0. The van der Waals surface area contributed by atoms with Crippen LogP contribution in [0.2, 0.25) is 10.0 Å². The van der Waals surface area contributed by atoms with Crippen molar-refractivity contribution < 1.29 is 14.5 Å². The van der Waals surface area contributed by atoms with Crippen LogP contribution < -0.4 is 9.80 Å². The van der Waals surface area contributed by atoms with Gasteiger partial charge >= 0.3 is 0 Å². The van der Waals surface area contributed by atoms with E-state index >= 15 is 0 Å². The van der Waals surface area contributed by atoms with E-state index in [-0.39, 0.29) is 23.9 Å². The summed E-state index contributed by atoms with van der Waals surface area (Å²) in [6, 6.07) is 10.5. The molecule has 30 heavy (non-hydrogen) atoms. The lowest BCUT2D eigenvalue weighted by Crippen LogP contribution is -2.52. The van der Waals surface area contributed by atoms with Crippen molar-refractivity contribution in [3.8, 4) is 0 Å². The average Bonchev–Trinajstić information content (AvgIpc) is 3.01. The van der Waals surface area contributed by atoms with Crippen LogP contribution in [0.25, 0.3) is 0 Å². The number of nitro benzene ring substituents is 1. The van der Waals surface area contributed by atoms with Gasteiger partial charge in [-0.3, -0.25) is 24.6 Å². The van der Waals surface area contributed by atoms with Crippen molar-refractivity contribution in [3.63, 3.8) is 0 Å². The van der Waals surface area contributed by atoms with Crippen LogP contribution in [0.1, 0.15) is 6.42 Å². The Balaban J connectivity index is 1.43. The number of nitrogens with zero attached hydrogens (tertiary/aromatic N) is 4. The minimum atomic E-state index is -0.519. The van der Waals surface area contributed by atoms with E-state index < -0.39 is 11.0 Å². The summed E-state index contributed by atoms with van der Waals surface area (Å²) < 4.78 is 0. The quantitative estimate of drug-likeness (QED) is 0.404. The summed E-state index contributed by atoms with van der Waals surface area (Å²) in [7, 11) is 0. The maximum atomic E-state index is 13.0. The fourth-order valence-electron chi connectivity index (χ4n) is 3.92. The zero-order chi connectivity index (χ0) is 21.4. The fraction of sp³-hybridized carbons (Fsp3) is 0.300. The fourth-order valence-corrected chi connectivity index (χ4v) is 4.43. The molecule has 10 heteroatoms. The highest BCUT2D eigenvalue weighted by Gasteiger charge is 2.43. The molecule has 2 aliphatic rings. The van der Waals surface area contributed by atoms with Gasteiger partial charge in [0, 0.05) is 54.0 Å². The molecule has 0 N–H and O–H groups in total. The Morgan fingerprint density at radius 1 is 0.900 bits per heavy atom. The standard InChI is InChI=1S/C20H18Cl2N4O4/c21-13-9-14(22)11-17(10-13)25-19(27)12-18(20(25)28)24-7-5-23(6-8-24)15-1-3-16(4-2-15)26(29)30/h1-4,9-11,18H,5-8,12H2/t18-/m0/s1. The van der Waals surface area contributed by atoms with Gasteiger partial charge in [-0.25, -0.2) is 4.90 Å². The SMILES string of the molecule is O=C1C[C@H](N2CCN(c3ccc([N+](=O)[O-])cc3)CC2)C(=O)N1c1cc(Cl)cc(Cl)c1. The summed E-state index contributed by atoms with van der Waals surface area (Å²) in [5, 5.41) is 11.5. The maximum Gasteiger partial charge on any atom is 0.269 e. The number of non-ortho nitro benzene ring substituents is 1. The molecule has 2 heterocycles. The molecule has 0 spiro atoms. The summed E-state index contributed by atoms with van der Waals surface area (Å²) in [6.45, 7) is 2.51. The zero-order valence-corrected chi connectivity index (χ0v) is 17.3. The Bertz CT molecular complexity index is 986.